The van der Waals surface area contributed by atoms with Gasteiger partial charge in [-0.25, -0.2) is 4.99 Å². The van der Waals surface area contributed by atoms with E-state index in [2.05, 4.69) is 76.2 Å². The zero-order valence-electron chi connectivity index (χ0n) is 20.5. The number of methoxy groups -OCH3 is 1. The Kier molecular flexibility index (Phi) is 7.81. The SMILES string of the molecule is CCc1ccc(N=C2NC(=O)/C(=C/c3cc(I)c(OCc4cccc5ccccc45)c(OC)c3)S2)cc1. The summed E-state index contributed by atoms with van der Waals surface area (Å²) in [7, 11) is 1.62. The van der Waals surface area contributed by atoms with Crippen LogP contribution < -0.4 is 14.8 Å². The van der Waals surface area contributed by atoms with Crippen molar-refractivity contribution in [3.63, 3.8) is 0 Å². The smallest absolute Gasteiger partial charge is 0.264 e. The number of thioether (sulfide) groups is 1. The van der Waals surface area contributed by atoms with Crippen molar-refractivity contribution in [2.75, 3.05) is 7.11 Å². The second-order valence-electron chi connectivity index (χ2n) is 8.46. The highest BCUT2D eigenvalue weighted by Crippen LogP contribution is 2.37. The Morgan fingerprint density at radius 1 is 1.03 bits per heavy atom. The zero-order valence-corrected chi connectivity index (χ0v) is 23.4. The van der Waals surface area contributed by atoms with Gasteiger partial charge in [-0.1, -0.05) is 61.5 Å². The molecular formula is C30H25IN2O3S. The van der Waals surface area contributed by atoms with E-state index in [0.29, 0.717) is 28.2 Å². The average molecular weight is 621 g/mol. The zero-order chi connectivity index (χ0) is 25.8. The van der Waals surface area contributed by atoms with Crippen LogP contribution in [-0.2, 0) is 17.8 Å². The summed E-state index contributed by atoms with van der Waals surface area (Å²) >= 11 is 3.57. The fraction of sp³-hybridized carbons (Fsp3) is 0.133. The minimum absolute atomic E-state index is 0.167. The van der Waals surface area contributed by atoms with Gasteiger partial charge in [0, 0.05) is 0 Å². The van der Waals surface area contributed by atoms with Gasteiger partial charge in [-0.2, -0.15) is 0 Å². The van der Waals surface area contributed by atoms with Crippen LogP contribution in [0.1, 0.15) is 23.6 Å². The lowest BCUT2D eigenvalue weighted by molar-refractivity contribution is -0.115. The quantitative estimate of drug-likeness (QED) is 0.172. The minimum atomic E-state index is -0.167. The first-order valence-electron chi connectivity index (χ1n) is 11.9. The molecule has 0 spiro atoms. The van der Waals surface area contributed by atoms with Crippen molar-refractivity contribution in [3.05, 3.63) is 104 Å². The summed E-state index contributed by atoms with van der Waals surface area (Å²) in [5, 5.41) is 5.77. The molecule has 0 saturated carbocycles. The molecule has 0 aliphatic carbocycles. The van der Waals surface area contributed by atoms with Gasteiger partial charge >= 0.3 is 0 Å². The Morgan fingerprint density at radius 2 is 1.81 bits per heavy atom. The van der Waals surface area contributed by atoms with E-state index in [9.17, 15) is 4.79 Å². The molecule has 0 aromatic heterocycles. The molecule has 0 bridgehead atoms. The molecule has 0 unspecified atom stereocenters. The number of aryl methyl sites for hydroxylation is 1. The predicted octanol–water partition coefficient (Wildman–Crippen LogP) is 7.49. The van der Waals surface area contributed by atoms with Gasteiger partial charge in [0.1, 0.15) is 6.61 Å². The summed E-state index contributed by atoms with van der Waals surface area (Å²) in [4.78, 5) is 17.8. The molecule has 4 aromatic carbocycles. The minimum Gasteiger partial charge on any atom is -0.493 e. The molecule has 1 saturated heterocycles. The third-order valence-corrected chi connectivity index (χ3v) is 7.74. The fourth-order valence-corrected chi connectivity index (χ4v) is 5.71. The number of hydrogen-bond donors (Lipinski definition) is 1. The van der Waals surface area contributed by atoms with Crippen molar-refractivity contribution in [3.8, 4) is 11.5 Å². The summed E-state index contributed by atoms with van der Waals surface area (Å²) in [5.41, 5.74) is 4.02. The number of nitrogens with zero attached hydrogens (tertiary/aromatic N) is 1. The number of hydrogen-bond acceptors (Lipinski definition) is 5. The van der Waals surface area contributed by atoms with Crippen molar-refractivity contribution in [1.82, 2.24) is 5.32 Å². The van der Waals surface area contributed by atoms with E-state index in [1.165, 1.54) is 28.1 Å². The third kappa shape index (κ3) is 5.83. The molecule has 1 fully saturated rings. The molecule has 1 aliphatic rings. The molecule has 1 heterocycles. The number of nitrogens with one attached hydrogen (secondary N) is 1. The van der Waals surface area contributed by atoms with Crippen molar-refractivity contribution in [2.45, 2.75) is 20.0 Å². The number of rotatable bonds is 7. The molecule has 37 heavy (non-hydrogen) atoms. The lowest BCUT2D eigenvalue weighted by Gasteiger charge is -2.15. The van der Waals surface area contributed by atoms with Crippen LogP contribution in [0.15, 0.2) is 88.8 Å². The molecule has 0 atom stereocenters. The van der Waals surface area contributed by atoms with E-state index in [-0.39, 0.29) is 5.91 Å². The van der Waals surface area contributed by atoms with Crippen LogP contribution in [0.3, 0.4) is 0 Å². The summed E-state index contributed by atoms with van der Waals surface area (Å²) in [6.45, 7) is 2.54. The molecule has 5 rings (SSSR count). The highest BCUT2D eigenvalue weighted by Gasteiger charge is 2.24. The second-order valence-corrected chi connectivity index (χ2v) is 10.7. The maximum absolute atomic E-state index is 12.6. The van der Waals surface area contributed by atoms with Crippen LogP contribution in [0, 0.1) is 3.57 Å². The monoisotopic (exact) mass is 620 g/mol. The van der Waals surface area contributed by atoms with Crippen molar-refractivity contribution in [1.29, 1.82) is 0 Å². The van der Waals surface area contributed by atoms with Crippen LogP contribution in [0.25, 0.3) is 16.8 Å². The van der Waals surface area contributed by atoms with Crippen molar-refractivity contribution in [2.24, 2.45) is 4.99 Å². The van der Waals surface area contributed by atoms with Crippen LogP contribution >= 0.6 is 34.4 Å². The Labute approximate surface area is 234 Å². The summed E-state index contributed by atoms with van der Waals surface area (Å²) in [6.07, 6.45) is 2.83. The molecule has 7 heteroatoms. The van der Waals surface area contributed by atoms with Crippen molar-refractivity contribution >= 4 is 68.0 Å². The highest BCUT2D eigenvalue weighted by atomic mass is 127. The third-order valence-electron chi connectivity index (χ3n) is 6.03. The molecule has 4 aromatic rings. The maximum atomic E-state index is 12.6. The molecular weight excluding hydrogens is 595 g/mol. The van der Waals surface area contributed by atoms with Crippen LogP contribution in [-0.4, -0.2) is 18.2 Å². The normalized spacial score (nSPS) is 15.4. The van der Waals surface area contributed by atoms with E-state index in [1.54, 1.807) is 7.11 Å². The topological polar surface area (TPSA) is 59.9 Å². The van der Waals surface area contributed by atoms with E-state index in [4.69, 9.17) is 9.47 Å². The van der Waals surface area contributed by atoms with E-state index < -0.39 is 0 Å². The molecule has 5 nitrogen and oxygen atoms in total. The van der Waals surface area contributed by atoms with Gasteiger partial charge < -0.3 is 14.8 Å². The molecule has 1 N–H and O–H groups in total. The van der Waals surface area contributed by atoms with Crippen LogP contribution in [0.2, 0.25) is 0 Å². The highest BCUT2D eigenvalue weighted by molar-refractivity contribution is 14.1. The predicted molar refractivity (Wildman–Crippen MR) is 161 cm³/mol. The Morgan fingerprint density at radius 3 is 2.59 bits per heavy atom. The van der Waals surface area contributed by atoms with Gasteiger partial charge in [-0.3, -0.25) is 4.79 Å². The van der Waals surface area contributed by atoms with Crippen LogP contribution in [0.5, 0.6) is 11.5 Å². The number of amides is 1. The largest absolute Gasteiger partial charge is 0.493 e. The number of ether oxygens (including phenoxy) is 2. The number of benzene rings is 4. The van der Waals surface area contributed by atoms with Gasteiger partial charge in [0.15, 0.2) is 16.7 Å². The number of halogens is 1. The van der Waals surface area contributed by atoms with E-state index in [1.807, 2.05) is 48.5 Å². The number of carbonyl (C=O) groups excluding carboxylic acids is 1. The number of carbonyl (C=O) groups is 1. The summed E-state index contributed by atoms with van der Waals surface area (Å²) < 4.78 is 12.8. The first kappa shape index (κ1) is 25.4. The Hall–Kier alpha value is -3.30. The molecule has 0 radical (unpaired) electrons. The van der Waals surface area contributed by atoms with Crippen LogP contribution in [0.4, 0.5) is 5.69 Å². The maximum Gasteiger partial charge on any atom is 0.264 e. The van der Waals surface area contributed by atoms with E-state index in [0.717, 1.165) is 26.8 Å². The average Bonchev–Trinajstić information content (AvgIpc) is 3.26. The van der Waals surface area contributed by atoms with Gasteiger partial charge in [0.05, 0.1) is 21.3 Å². The Bertz CT molecular complexity index is 1520. The van der Waals surface area contributed by atoms with Gasteiger partial charge in [-0.05, 0) is 98.6 Å². The molecule has 186 valence electrons. The standard InChI is InChI=1S/C30H25IN2O3S/c1-3-19-11-13-23(14-12-19)32-30-33-29(34)27(37-30)17-20-15-25(31)28(26(16-20)35-2)36-18-22-9-6-8-21-7-4-5-10-24(21)22/h4-17H,3,18H2,1-2H3,(H,32,33,34)/b27-17-. The second kappa shape index (κ2) is 11.4. The van der Waals surface area contributed by atoms with Gasteiger partial charge in [0.25, 0.3) is 5.91 Å². The lowest BCUT2D eigenvalue weighted by Crippen LogP contribution is -2.19. The van der Waals surface area contributed by atoms with Gasteiger partial charge in [0.2, 0.25) is 0 Å². The fourth-order valence-electron chi connectivity index (χ4n) is 4.09. The molecule has 1 aliphatic heterocycles. The van der Waals surface area contributed by atoms with E-state index >= 15 is 0 Å². The number of fused-ring (bicyclic) bond motifs is 1. The summed E-state index contributed by atoms with van der Waals surface area (Å²) in [6, 6.07) is 26.4. The first-order chi connectivity index (χ1) is 18.0. The number of amidine groups is 1. The lowest BCUT2D eigenvalue weighted by atomic mass is 10.1. The first-order valence-corrected chi connectivity index (χ1v) is 13.8. The number of aliphatic imine (C=N–C) groups is 1. The summed E-state index contributed by atoms with van der Waals surface area (Å²) in [5.74, 6) is 1.13. The van der Waals surface area contributed by atoms with Crippen molar-refractivity contribution < 1.29 is 14.3 Å². The Balaban J connectivity index is 1.35. The van der Waals surface area contributed by atoms with Gasteiger partial charge in [-0.15, -0.1) is 0 Å². The molecule has 1 amide bonds.